The molecule has 3 N–H and O–H groups in total. The van der Waals surface area contributed by atoms with Crippen LogP contribution in [0.2, 0.25) is 5.02 Å². The number of aromatic amines is 1. The van der Waals surface area contributed by atoms with Crippen molar-refractivity contribution in [1.29, 1.82) is 0 Å². The number of benzene rings is 2. The number of likely N-dealkylation sites (N-methyl/N-ethyl adjacent to an activating group) is 1. The number of hydrogen-bond donors (Lipinski definition) is 3. The third-order valence-corrected chi connectivity index (χ3v) is 6.90. The maximum atomic E-state index is 13.0. The van der Waals surface area contributed by atoms with Crippen LogP contribution in [0.25, 0.3) is 21.8 Å². The summed E-state index contributed by atoms with van der Waals surface area (Å²) in [4.78, 5) is 35.1. The second kappa shape index (κ2) is 12.6. The van der Waals surface area contributed by atoms with E-state index in [0.29, 0.717) is 30.3 Å². The fourth-order valence-corrected chi connectivity index (χ4v) is 4.63. The molecule has 0 saturated carbocycles. The topological polar surface area (TPSA) is 99.4 Å². The molecule has 0 saturated heterocycles. The van der Waals surface area contributed by atoms with Gasteiger partial charge in [-0.05, 0) is 44.5 Å². The van der Waals surface area contributed by atoms with Crippen LogP contribution in [0.15, 0.2) is 60.9 Å². The van der Waals surface area contributed by atoms with Gasteiger partial charge in [-0.25, -0.2) is 0 Å². The fraction of sp³-hybridized carbons (Fsp3) is 0.367. The number of amides is 2. The molecule has 4 rings (SSSR count). The monoisotopic (exact) mass is 549 g/mol. The first kappa shape index (κ1) is 28.5. The number of fused-ring (bicyclic) bond motifs is 3. The van der Waals surface area contributed by atoms with Crippen LogP contribution < -0.4 is 10.6 Å². The maximum absolute atomic E-state index is 13.0. The number of anilines is 1. The summed E-state index contributed by atoms with van der Waals surface area (Å²) in [7, 11) is 0. The van der Waals surface area contributed by atoms with Gasteiger partial charge in [-0.15, -0.1) is 0 Å². The summed E-state index contributed by atoms with van der Waals surface area (Å²) in [5, 5.41) is 8.66. The minimum atomic E-state index is -0.571. The van der Waals surface area contributed by atoms with Crippen molar-refractivity contribution in [2.75, 3.05) is 31.6 Å². The Morgan fingerprint density at radius 2 is 1.92 bits per heavy atom. The summed E-state index contributed by atoms with van der Waals surface area (Å²) >= 11 is 6.37. The van der Waals surface area contributed by atoms with Crippen molar-refractivity contribution in [2.45, 2.75) is 39.8 Å². The lowest BCUT2D eigenvalue weighted by molar-refractivity contribution is -0.130. The number of H-pyrrole nitrogens is 1. The molecule has 0 aliphatic rings. The standard InChI is InChI=1S/C30H36ClN5O3/c1-5-36(17-21-9-7-6-8-10-21)27(37)16-33-19-30(3,4)39-18-20(2)29(38)35-25-14-22(31)13-24-23-11-12-32-15-26(23)34-28(24)25/h6-15,20,33-34H,5,16-19H2,1-4H3,(H,35,38)/t20-/m0/s1. The van der Waals surface area contributed by atoms with Crippen molar-refractivity contribution in [3.63, 3.8) is 0 Å². The minimum Gasteiger partial charge on any atom is -0.373 e. The normalized spacial score (nSPS) is 12.5. The predicted molar refractivity (Wildman–Crippen MR) is 157 cm³/mol. The van der Waals surface area contributed by atoms with Gasteiger partial charge in [0, 0.05) is 41.6 Å². The molecule has 9 heteroatoms. The Labute approximate surface area is 234 Å². The molecular weight excluding hydrogens is 514 g/mol. The average Bonchev–Trinajstić information content (AvgIpc) is 3.29. The predicted octanol–water partition coefficient (Wildman–Crippen LogP) is 5.38. The van der Waals surface area contributed by atoms with Crippen molar-refractivity contribution in [2.24, 2.45) is 5.92 Å². The summed E-state index contributed by atoms with van der Waals surface area (Å²) in [6.45, 7) is 9.80. The molecule has 39 heavy (non-hydrogen) atoms. The van der Waals surface area contributed by atoms with Gasteiger partial charge < -0.3 is 25.3 Å². The van der Waals surface area contributed by atoms with E-state index in [4.69, 9.17) is 16.3 Å². The first-order valence-electron chi connectivity index (χ1n) is 13.2. The molecule has 2 heterocycles. The zero-order valence-electron chi connectivity index (χ0n) is 22.9. The Morgan fingerprint density at radius 1 is 1.15 bits per heavy atom. The summed E-state index contributed by atoms with van der Waals surface area (Å²) < 4.78 is 6.08. The van der Waals surface area contributed by atoms with E-state index in [0.717, 1.165) is 27.4 Å². The fourth-order valence-electron chi connectivity index (χ4n) is 4.41. The molecular formula is C30H36ClN5O3. The number of carbonyl (C=O) groups excluding carboxylic acids is 2. The van der Waals surface area contributed by atoms with Gasteiger partial charge in [0.2, 0.25) is 11.8 Å². The van der Waals surface area contributed by atoms with Gasteiger partial charge in [0.1, 0.15) is 0 Å². The van der Waals surface area contributed by atoms with Gasteiger partial charge in [-0.2, -0.15) is 0 Å². The van der Waals surface area contributed by atoms with Crippen LogP contribution in [0, 0.1) is 5.92 Å². The third-order valence-electron chi connectivity index (χ3n) is 6.68. The van der Waals surface area contributed by atoms with Crippen molar-refractivity contribution in [1.82, 2.24) is 20.2 Å². The highest BCUT2D eigenvalue weighted by Crippen LogP contribution is 2.33. The molecule has 0 radical (unpaired) electrons. The number of rotatable bonds is 12. The van der Waals surface area contributed by atoms with Crippen LogP contribution in [-0.4, -0.2) is 58.5 Å². The van der Waals surface area contributed by atoms with Crippen LogP contribution in [0.1, 0.15) is 33.3 Å². The van der Waals surface area contributed by atoms with E-state index in [1.54, 1.807) is 18.5 Å². The number of halogens is 1. The SMILES string of the molecule is CCN(Cc1ccccc1)C(=O)CNCC(C)(C)OC[C@H](C)C(=O)Nc1cc(Cl)cc2c1[nH]c1cnccc12. The lowest BCUT2D eigenvalue weighted by atomic mass is 10.1. The van der Waals surface area contributed by atoms with Crippen LogP contribution in [-0.2, 0) is 20.9 Å². The number of carbonyl (C=O) groups is 2. The van der Waals surface area contributed by atoms with Crippen molar-refractivity contribution in [3.05, 3.63) is 71.5 Å². The Kier molecular flexibility index (Phi) is 9.22. The lowest BCUT2D eigenvalue weighted by Gasteiger charge is -2.28. The van der Waals surface area contributed by atoms with Gasteiger partial charge >= 0.3 is 0 Å². The first-order valence-corrected chi connectivity index (χ1v) is 13.6. The van der Waals surface area contributed by atoms with E-state index < -0.39 is 11.5 Å². The molecule has 0 spiro atoms. The van der Waals surface area contributed by atoms with E-state index in [1.165, 1.54) is 0 Å². The van der Waals surface area contributed by atoms with Crippen LogP contribution >= 0.6 is 11.6 Å². The van der Waals surface area contributed by atoms with E-state index in [2.05, 4.69) is 20.6 Å². The zero-order valence-corrected chi connectivity index (χ0v) is 23.6. The van der Waals surface area contributed by atoms with Crippen LogP contribution in [0.5, 0.6) is 0 Å². The molecule has 0 fully saturated rings. The van der Waals surface area contributed by atoms with E-state index in [1.807, 2.05) is 75.1 Å². The highest BCUT2D eigenvalue weighted by molar-refractivity contribution is 6.32. The van der Waals surface area contributed by atoms with E-state index >= 15 is 0 Å². The van der Waals surface area contributed by atoms with Crippen molar-refractivity contribution >= 4 is 50.9 Å². The highest BCUT2D eigenvalue weighted by atomic mass is 35.5. The van der Waals surface area contributed by atoms with Gasteiger partial charge in [0.05, 0.1) is 47.6 Å². The molecule has 8 nitrogen and oxygen atoms in total. The van der Waals surface area contributed by atoms with Gasteiger partial charge in [-0.3, -0.25) is 14.6 Å². The van der Waals surface area contributed by atoms with Crippen molar-refractivity contribution < 1.29 is 14.3 Å². The Morgan fingerprint density at radius 3 is 2.67 bits per heavy atom. The number of nitrogens with one attached hydrogen (secondary N) is 3. The Bertz CT molecular complexity index is 1440. The molecule has 0 aliphatic heterocycles. The molecule has 2 aromatic carbocycles. The van der Waals surface area contributed by atoms with E-state index in [-0.39, 0.29) is 25.0 Å². The molecule has 206 valence electrons. The van der Waals surface area contributed by atoms with Gasteiger partial charge in [0.25, 0.3) is 0 Å². The molecule has 2 aromatic heterocycles. The number of nitrogens with zero attached hydrogens (tertiary/aromatic N) is 2. The largest absolute Gasteiger partial charge is 0.373 e. The molecule has 2 amide bonds. The van der Waals surface area contributed by atoms with Gasteiger partial charge in [0.15, 0.2) is 0 Å². The number of aromatic nitrogens is 2. The van der Waals surface area contributed by atoms with Gasteiger partial charge in [-0.1, -0.05) is 48.9 Å². The number of hydrogen-bond acceptors (Lipinski definition) is 5. The molecule has 0 unspecified atom stereocenters. The summed E-state index contributed by atoms with van der Waals surface area (Å²) in [5.74, 6) is -0.549. The third kappa shape index (κ3) is 7.35. The lowest BCUT2D eigenvalue weighted by Crippen LogP contribution is -2.44. The molecule has 0 bridgehead atoms. The van der Waals surface area contributed by atoms with E-state index in [9.17, 15) is 9.59 Å². The number of ether oxygens (including phenoxy) is 1. The highest BCUT2D eigenvalue weighted by Gasteiger charge is 2.23. The summed E-state index contributed by atoms with van der Waals surface area (Å²) in [5.41, 5.74) is 2.81. The maximum Gasteiger partial charge on any atom is 0.236 e. The van der Waals surface area contributed by atoms with Crippen LogP contribution in [0.4, 0.5) is 5.69 Å². The molecule has 1 atom stereocenters. The Balaban J connectivity index is 1.28. The summed E-state index contributed by atoms with van der Waals surface area (Å²) in [6.07, 6.45) is 3.48. The second-order valence-corrected chi connectivity index (χ2v) is 10.8. The molecule has 0 aliphatic carbocycles. The van der Waals surface area contributed by atoms with Crippen LogP contribution in [0.3, 0.4) is 0 Å². The smallest absolute Gasteiger partial charge is 0.236 e. The molecule has 4 aromatic rings. The minimum absolute atomic E-state index is 0.0329. The Hall–Kier alpha value is -3.46. The second-order valence-electron chi connectivity index (χ2n) is 10.4. The first-order chi connectivity index (χ1) is 18.7. The zero-order chi connectivity index (χ0) is 28.0. The number of pyridine rings is 1. The average molecular weight is 550 g/mol. The quantitative estimate of drug-likeness (QED) is 0.220. The summed E-state index contributed by atoms with van der Waals surface area (Å²) in [6, 6.07) is 15.5. The van der Waals surface area contributed by atoms with Crippen molar-refractivity contribution in [3.8, 4) is 0 Å².